The van der Waals surface area contributed by atoms with Crippen LogP contribution in [0.25, 0.3) is 27.2 Å². The van der Waals surface area contributed by atoms with Gasteiger partial charge in [0.15, 0.2) is 5.82 Å². The Morgan fingerprint density at radius 2 is 2.00 bits per heavy atom. The van der Waals surface area contributed by atoms with Gasteiger partial charge in [0.05, 0.1) is 12.5 Å². The molecule has 0 saturated heterocycles. The first-order chi connectivity index (χ1) is 11.8. The average molecular weight is 334 g/mol. The van der Waals surface area contributed by atoms with Crippen molar-refractivity contribution in [3.63, 3.8) is 0 Å². The summed E-state index contributed by atoms with van der Waals surface area (Å²) >= 11 is 1.53. The minimum atomic E-state index is 0.1000. The number of benzene rings is 1. The van der Waals surface area contributed by atoms with Crippen LogP contribution in [-0.4, -0.2) is 31.8 Å². The lowest BCUT2D eigenvalue weighted by atomic mass is 10.1. The van der Waals surface area contributed by atoms with Crippen LogP contribution >= 0.6 is 11.3 Å². The van der Waals surface area contributed by atoms with E-state index >= 15 is 0 Å². The molecule has 0 N–H and O–H groups in total. The van der Waals surface area contributed by atoms with E-state index in [9.17, 15) is 0 Å². The molecule has 8 heteroatoms. The molecule has 0 unspecified atom stereocenters. The summed E-state index contributed by atoms with van der Waals surface area (Å²) < 4.78 is 6.71. The fourth-order valence-electron chi connectivity index (χ4n) is 2.43. The largest absolute Gasteiger partial charge is 0.497 e. The molecule has 7 nitrogen and oxygen atoms in total. The van der Waals surface area contributed by atoms with Crippen molar-refractivity contribution < 1.29 is 4.74 Å². The van der Waals surface area contributed by atoms with E-state index in [1.807, 2.05) is 35.7 Å². The van der Waals surface area contributed by atoms with Crippen LogP contribution in [-0.2, 0) is 0 Å². The van der Waals surface area contributed by atoms with Crippen LogP contribution in [0.4, 0.5) is 0 Å². The molecule has 0 atom stereocenters. The Morgan fingerprint density at radius 3 is 2.71 bits per heavy atom. The minimum Gasteiger partial charge on any atom is -0.497 e. The van der Waals surface area contributed by atoms with E-state index in [2.05, 4.69) is 20.1 Å². The number of rotatable bonds is 3. The van der Waals surface area contributed by atoms with Gasteiger partial charge in [0.1, 0.15) is 29.3 Å². The Labute approximate surface area is 140 Å². The Hall–Kier alpha value is -3.31. The summed E-state index contributed by atoms with van der Waals surface area (Å²) in [5.74, 6) is 1.49. The summed E-state index contributed by atoms with van der Waals surface area (Å²) in [6.07, 6.45) is 2.97. The number of hydrogen-bond donors (Lipinski definition) is 0. The normalized spacial score (nSPS) is 10.7. The Kier molecular flexibility index (Phi) is 3.40. The Bertz CT molecular complexity index is 1060. The number of nitrogens with zero attached hydrogens (tertiary/aromatic N) is 6. The predicted molar refractivity (Wildman–Crippen MR) is 89.0 cm³/mol. The lowest BCUT2D eigenvalue weighted by molar-refractivity contribution is 0.415. The molecule has 0 saturated carbocycles. The highest BCUT2D eigenvalue weighted by Gasteiger charge is 2.15. The third kappa shape index (κ3) is 2.28. The van der Waals surface area contributed by atoms with Gasteiger partial charge in [-0.15, -0.1) is 16.4 Å². The zero-order valence-corrected chi connectivity index (χ0v) is 13.4. The van der Waals surface area contributed by atoms with Gasteiger partial charge in [-0.05, 0) is 17.7 Å². The van der Waals surface area contributed by atoms with Crippen LogP contribution in [0.2, 0.25) is 0 Å². The fraction of sp³-hybridized carbons (Fsp3) is 0.0625. The van der Waals surface area contributed by atoms with Crippen molar-refractivity contribution >= 4 is 21.6 Å². The molecule has 1 aromatic carbocycles. The van der Waals surface area contributed by atoms with Gasteiger partial charge in [-0.2, -0.15) is 5.26 Å². The number of methoxy groups -OCH3 is 1. The third-order valence-electron chi connectivity index (χ3n) is 3.56. The van der Waals surface area contributed by atoms with Crippen molar-refractivity contribution in [3.8, 4) is 28.8 Å². The number of nitriles is 1. The van der Waals surface area contributed by atoms with E-state index in [1.165, 1.54) is 28.7 Å². The second-order valence-corrected chi connectivity index (χ2v) is 5.74. The van der Waals surface area contributed by atoms with Crippen LogP contribution in [0.3, 0.4) is 0 Å². The molecule has 0 aliphatic carbocycles. The fourth-order valence-corrected chi connectivity index (χ4v) is 3.34. The lowest BCUT2D eigenvalue weighted by Crippen LogP contribution is -2.00. The molecule has 4 rings (SSSR count). The molecular weight excluding hydrogens is 324 g/mol. The van der Waals surface area contributed by atoms with Gasteiger partial charge < -0.3 is 4.74 Å². The zero-order valence-electron chi connectivity index (χ0n) is 12.5. The van der Waals surface area contributed by atoms with Crippen LogP contribution < -0.4 is 4.74 Å². The molecule has 0 aliphatic heterocycles. The second kappa shape index (κ2) is 5.72. The third-order valence-corrected chi connectivity index (χ3v) is 4.45. The molecule has 3 aromatic heterocycles. The molecule has 0 radical (unpaired) electrons. The molecule has 4 aromatic rings. The first-order valence-corrected chi connectivity index (χ1v) is 7.87. The van der Waals surface area contributed by atoms with Gasteiger partial charge in [0, 0.05) is 10.9 Å². The molecule has 0 fully saturated rings. The summed E-state index contributed by atoms with van der Waals surface area (Å²) in [6, 6.07) is 9.71. The number of ether oxygens (including phenoxy) is 1. The van der Waals surface area contributed by atoms with Gasteiger partial charge in [-0.25, -0.2) is 19.6 Å². The maximum Gasteiger partial charge on any atom is 0.252 e. The predicted octanol–water partition coefficient (Wildman–Crippen LogP) is 2.82. The van der Waals surface area contributed by atoms with Crippen molar-refractivity contribution in [1.82, 2.24) is 24.7 Å². The van der Waals surface area contributed by atoms with E-state index in [1.54, 1.807) is 7.11 Å². The Morgan fingerprint density at radius 1 is 1.17 bits per heavy atom. The van der Waals surface area contributed by atoms with Crippen molar-refractivity contribution in [3.05, 3.63) is 48.1 Å². The number of thiophene rings is 1. The second-order valence-electron chi connectivity index (χ2n) is 4.88. The number of aromatic nitrogens is 5. The van der Waals surface area contributed by atoms with Crippen LogP contribution in [0.5, 0.6) is 5.75 Å². The van der Waals surface area contributed by atoms with Crippen molar-refractivity contribution in [2.45, 2.75) is 0 Å². The van der Waals surface area contributed by atoms with E-state index in [4.69, 9.17) is 10.00 Å². The maximum atomic E-state index is 8.92. The van der Waals surface area contributed by atoms with E-state index < -0.39 is 0 Å². The van der Waals surface area contributed by atoms with Crippen molar-refractivity contribution in [2.24, 2.45) is 0 Å². The Balaban J connectivity index is 1.92. The standard InChI is InChI=1S/C16H10N6OS/c1-23-11-4-2-10(3-5-11)12-7-24-16-14(12)15(18-8-19-16)22-9-20-13(6-17)21-22/h2-5,7-9H,1H3. The van der Waals surface area contributed by atoms with Crippen molar-refractivity contribution in [2.75, 3.05) is 7.11 Å². The monoisotopic (exact) mass is 334 g/mol. The zero-order chi connectivity index (χ0) is 16.5. The first kappa shape index (κ1) is 14.3. The van der Waals surface area contributed by atoms with Gasteiger partial charge in [-0.1, -0.05) is 12.1 Å². The lowest BCUT2D eigenvalue weighted by Gasteiger charge is -2.05. The smallest absolute Gasteiger partial charge is 0.252 e. The summed E-state index contributed by atoms with van der Waals surface area (Å²) in [5.41, 5.74) is 2.03. The summed E-state index contributed by atoms with van der Waals surface area (Å²) in [5, 5.41) is 16.0. The molecule has 0 bridgehead atoms. The number of fused-ring (bicyclic) bond motifs is 1. The summed E-state index contributed by atoms with van der Waals surface area (Å²) in [7, 11) is 1.64. The van der Waals surface area contributed by atoms with E-state index in [0.717, 1.165) is 27.1 Å². The highest BCUT2D eigenvalue weighted by atomic mass is 32.1. The molecular formula is C16H10N6OS. The summed E-state index contributed by atoms with van der Waals surface area (Å²) in [6.45, 7) is 0. The molecule has 0 amide bonds. The SMILES string of the molecule is COc1ccc(-c2csc3ncnc(-n4cnc(C#N)n4)c23)cc1. The van der Waals surface area contributed by atoms with Crippen LogP contribution in [0, 0.1) is 11.3 Å². The van der Waals surface area contributed by atoms with Gasteiger partial charge in [-0.3, -0.25) is 0 Å². The van der Waals surface area contributed by atoms with Gasteiger partial charge >= 0.3 is 0 Å². The molecule has 3 heterocycles. The average Bonchev–Trinajstić information content (AvgIpc) is 3.28. The first-order valence-electron chi connectivity index (χ1n) is 6.99. The minimum absolute atomic E-state index is 0.1000. The van der Waals surface area contributed by atoms with E-state index in [-0.39, 0.29) is 5.82 Å². The van der Waals surface area contributed by atoms with Gasteiger partial charge in [0.2, 0.25) is 0 Å². The van der Waals surface area contributed by atoms with Gasteiger partial charge in [0.25, 0.3) is 5.82 Å². The van der Waals surface area contributed by atoms with Crippen LogP contribution in [0.15, 0.2) is 42.3 Å². The molecule has 0 spiro atoms. The quantitative estimate of drug-likeness (QED) is 0.572. The van der Waals surface area contributed by atoms with Crippen molar-refractivity contribution in [1.29, 1.82) is 5.26 Å². The highest BCUT2D eigenvalue weighted by molar-refractivity contribution is 7.17. The van der Waals surface area contributed by atoms with E-state index in [0.29, 0.717) is 5.82 Å². The van der Waals surface area contributed by atoms with Crippen LogP contribution in [0.1, 0.15) is 5.82 Å². The maximum absolute atomic E-state index is 8.92. The highest BCUT2D eigenvalue weighted by Crippen LogP contribution is 2.36. The summed E-state index contributed by atoms with van der Waals surface area (Å²) in [4.78, 5) is 13.5. The number of hydrogen-bond acceptors (Lipinski definition) is 7. The topological polar surface area (TPSA) is 89.5 Å². The molecule has 24 heavy (non-hydrogen) atoms. The molecule has 0 aliphatic rings. The molecule has 116 valence electrons.